The second-order valence-corrected chi connectivity index (χ2v) is 7.01. The number of rotatable bonds is 3. The average Bonchev–Trinajstić information content (AvgIpc) is 3.21. The summed E-state index contributed by atoms with van der Waals surface area (Å²) >= 11 is 12.2. The van der Waals surface area contributed by atoms with Crippen LogP contribution in [0.15, 0.2) is 12.1 Å². The van der Waals surface area contributed by atoms with E-state index in [0.29, 0.717) is 33.1 Å². The normalized spacial score (nSPS) is 31.0. The Bertz CT molecular complexity index is 762. The van der Waals surface area contributed by atoms with Gasteiger partial charge in [-0.05, 0) is 31.9 Å². The van der Waals surface area contributed by atoms with E-state index in [1.54, 1.807) is 23.6 Å². The third-order valence-corrected chi connectivity index (χ3v) is 5.10. The highest BCUT2D eigenvalue weighted by atomic mass is 35.5. The van der Waals surface area contributed by atoms with Crippen LogP contribution in [0.2, 0.25) is 10.0 Å². The molecule has 23 heavy (non-hydrogen) atoms. The minimum Gasteiger partial charge on any atom is -0.388 e. The molecule has 2 aromatic rings. The number of hydrogen-bond donors (Lipinski definition) is 3. The maximum Gasteiger partial charge on any atom is 0.206 e. The maximum absolute atomic E-state index is 10.3. The third-order valence-electron chi connectivity index (χ3n) is 4.37. The third kappa shape index (κ3) is 2.58. The summed E-state index contributed by atoms with van der Waals surface area (Å²) in [6.45, 7) is 1.73. The van der Waals surface area contributed by atoms with Gasteiger partial charge in [-0.2, -0.15) is 0 Å². The van der Waals surface area contributed by atoms with Gasteiger partial charge in [0.15, 0.2) is 6.23 Å². The Labute approximate surface area is 143 Å². The first-order valence-corrected chi connectivity index (χ1v) is 8.36. The average molecular weight is 358 g/mol. The fourth-order valence-corrected chi connectivity index (χ4v) is 3.22. The number of aliphatic hydroxyl groups is 2. The summed E-state index contributed by atoms with van der Waals surface area (Å²) < 4.78 is 7.52. The van der Waals surface area contributed by atoms with Gasteiger partial charge in [0.25, 0.3) is 0 Å². The van der Waals surface area contributed by atoms with Crippen molar-refractivity contribution >= 4 is 40.2 Å². The van der Waals surface area contributed by atoms with Crippen LogP contribution in [-0.2, 0) is 4.74 Å². The summed E-state index contributed by atoms with van der Waals surface area (Å²) in [5.74, 6) is 0.589. The van der Waals surface area contributed by atoms with Crippen LogP contribution in [0.25, 0.3) is 11.0 Å². The highest BCUT2D eigenvalue weighted by Gasteiger charge is 2.43. The smallest absolute Gasteiger partial charge is 0.206 e. The number of aromatic nitrogens is 2. The zero-order valence-corrected chi connectivity index (χ0v) is 13.9. The van der Waals surface area contributed by atoms with E-state index in [9.17, 15) is 10.2 Å². The zero-order valence-electron chi connectivity index (χ0n) is 12.4. The van der Waals surface area contributed by atoms with E-state index in [-0.39, 0.29) is 0 Å². The molecule has 0 unspecified atom stereocenters. The molecule has 2 fully saturated rings. The highest BCUT2D eigenvalue weighted by Crippen LogP contribution is 2.38. The van der Waals surface area contributed by atoms with E-state index in [0.717, 1.165) is 12.8 Å². The predicted molar refractivity (Wildman–Crippen MR) is 88.0 cm³/mol. The summed E-state index contributed by atoms with van der Waals surface area (Å²) in [4.78, 5) is 4.56. The second-order valence-electron chi connectivity index (χ2n) is 6.19. The molecule has 1 saturated carbocycles. The quantitative estimate of drug-likeness (QED) is 0.786. The molecular weight excluding hydrogens is 341 g/mol. The molecule has 4 atom stereocenters. The minimum atomic E-state index is -1.04. The summed E-state index contributed by atoms with van der Waals surface area (Å²) in [6, 6.07) is 3.77. The molecule has 4 rings (SSSR count). The van der Waals surface area contributed by atoms with Crippen molar-refractivity contribution in [3.8, 4) is 0 Å². The van der Waals surface area contributed by atoms with Gasteiger partial charge >= 0.3 is 0 Å². The number of imidazole rings is 1. The van der Waals surface area contributed by atoms with E-state index in [1.165, 1.54) is 0 Å². The van der Waals surface area contributed by atoms with Gasteiger partial charge in [0.05, 0.1) is 27.2 Å². The molecule has 2 aliphatic rings. The van der Waals surface area contributed by atoms with Crippen LogP contribution in [0.4, 0.5) is 5.95 Å². The molecule has 0 bridgehead atoms. The number of anilines is 1. The molecule has 1 aliphatic carbocycles. The molecule has 0 radical (unpaired) electrons. The molecule has 1 aliphatic heterocycles. The molecule has 1 aromatic carbocycles. The number of nitrogens with one attached hydrogen (secondary N) is 1. The molecular formula is C15H17Cl2N3O3. The minimum absolute atomic E-state index is 0.373. The topological polar surface area (TPSA) is 79.5 Å². The van der Waals surface area contributed by atoms with Crippen molar-refractivity contribution in [1.29, 1.82) is 0 Å². The van der Waals surface area contributed by atoms with Gasteiger partial charge in [0.1, 0.15) is 12.2 Å². The lowest BCUT2D eigenvalue weighted by molar-refractivity contribution is -0.0284. The van der Waals surface area contributed by atoms with Crippen molar-refractivity contribution < 1.29 is 14.9 Å². The maximum atomic E-state index is 10.3. The zero-order chi connectivity index (χ0) is 16.3. The lowest BCUT2D eigenvalue weighted by Gasteiger charge is -2.20. The van der Waals surface area contributed by atoms with Gasteiger partial charge in [-0.1, -0.05) is 23.2 Å². The monoisotopic (exact) mass is 357 g/mol. The van der Waals surface area contributed by atoms with E-state index < -0.39 is 24.5 Å². The molecule has 2 heterocycles. The number of ether oxygens (including phenoxy) is 1. The van der Waals surface area contributed by atoms with Gasteiger partial charge in [0.2, 0.25) is 5.95 Å². The van der Waals surface area contributed by atoms with Gasteiger partial charge in [-0.15, -0.1) is 0 Å². The Balaban J connectivity index is 1.86. The lowest BCUT2D eigenvalue weighted by atomic mass is 10.1. The van der Waals surface area contributed by atoms with Crippen LogP contribution >= 0.6 is 23.2 Å². The summed E-state index contributed by atoms with van der Waals surface area (Å²) in [5.41, 5.74) is 1.36. The molecule has 6 nitrogen and oxygen atoms in total. The molecule has 3 N–H and O–H groups in total. The summed E-state index contributed by atoms with van der Waals surface area (Å²) in [7, 11) is 0. The lowest BCUT2D eigenvalue weighted by Crippen LogP contribution is -2.30. The molecule has 8 heteroatoms. The summed E-state index contributed by atoms with van der Waals surface area (Å²) in [5, 5.41) is 24.5. The van der Waals surface area contributed by atoms with Gasteiger partial charge in [-0.3, -0.25) is 4.57 Å². The van der Waals surface area contributed by atoms with Crippen molar-refractivity contribution in [1.82, 2.24) is 9.55 Å². The fourth-order valence-electron chi connectivity index (χ4n) is 2.90. The van der Waals surface area contributed by atoms with Gasteiger partial charge < -0.3 is 20.3 Å². The number of halogens is 2. The first kappa shape index (κ1) is 15.5. The van der Waals surface area contributed by atoms with E-state index in [2.05, 4.69) is 10.3 Å². The first-order chi connectivity index (χ1) is 11.0. The van der Waals surface area contributed by atoms with Gasteiger partial charge in [0, 0.05) is 6.04 Å². The SMILES string of the molecule is C[C@@H]1O[C@H](n2c(NC3CC3)nc3cc(Cl)c(Cl)cc32)[C@@H](O)[C@H]1O. The molecule has 1 aromatic heterocycles. The van der Waals surface area contributed by atoms with Crippen molar-refractivity contribution in [3.05, 3.63) is 22.2 Å². The van der Waals surface area contributed by atoms with Crippen LogP contribution in [0.1, 0.15) is 26.0 Å². The van der Waals surface area contributed by atoms with Crippen LogP contribution < -0.4 is 5.32 Å². The van der Waals surface area contributed by atoms with Crippen LogP contribution in [0, 0.1) is 0 Å². The Morgan fingerprint density at radius 1 is 1.22 bits per heavy atom. The molecule has 0 spiro atoms. The number of nitrogens with zero attached hydrogens (tertiary/aromatic N) is 2. The van der Waals surface area contributed by atoms with E-state index in [4.69, 9.17) is 27.9 Å². The number of fused-ring (bicyclic) bond motifs is 1. The van der Waals surface area contributed by atoms with Crippen molar-refractivity contribution in [2.24, 2.45) is 0 Å². The Hall–Kier alpha value is -1.05. The van der Waals surface area contributed by atoms with Crippen LogP contribution in [0.3, 0.4) is 0 Å². The van der Waals surface area contributed by atoms with Crippen LogP contribution in [-0.4, -0.2) is 44.1 Å². The first-order valence-electron chi connectivity index (χ1n) is 7.61. The van der Waals surface area contributed by atoms with E-state index in [1.807, 2.05) is 0 Å². The van der Waals surface area contributed by atoms with E-state index >= 15 is 0 Å². The van der Waals surface area contributed by atoms with Crippen molar-refractivity contribution in [2.75, 3.05) is 5.32 Å². The van der Waals surface area contributed by atoms with Crippen LogP contribution in [0.5, 0.6) is 0 Å². The highest BCUT2D eigenvalue weighted by molar-refractivity contribution is 6.42. The molecule has 1 saturated heterocycles. The molecule has 124 valence electrons. The van der Waals surface area contributed by atoms with Crippen molar-refractivity contribution in [3.63, 3.8) is 0 Å². The number of hydrogen-bond acceptors (Lipinski definition) is 5. The van der Waals surface area contributed by atoms with Gasteiger partial charge in [-0.25, -0.2) is 4.98 Å². The standard InChI is InChI=1S/C15H17Cl2N3O3/c1-6-12(21)13(22)14(23-6)20-11-5-9(17)8(16)4-10(11)19-15(20)18-7-2-3-7/h4-7,12-14,21-22H,2-3H2,1H3,(H,18,19)/t6-,12-,13-,14-/m0/s1. The Kier molecular flexibility index (Phi) is 3.70. The number of benzene rings is 1. The molecule has 0 amide bonds. The van der Waals surface area contributed by atoms with Crippen molar-refractivity contribution in [2.45, 2.75) is 50.3 Å². The Morgan fingerprint density at radius 2 is 1.91 bits per heavy atom. The largest absolute Gasteiger partial charge is 0.388 e. The predicted octanol–water partition coefficient (Wildman–Crippen LogP) is 2.56. The Morgan fingerprint density at radius 3 is 2.52 bits per heavy atom. The second kappa shape index (κ2) is 5.50. The fraction of sp³-hybridized carbons (Fsp3) is 0.533. The summed E-state index contributed by atoms with van der Waals surface area (Å²) in [6.07, 6.45) is -1.03. The number of aliphatic hydroxyl groups excluding tert-OH is 2.